The van der Waals surface area contributed by atoms with Crippen molar-refractivity contribution in [3.05, 3.63) is 87.5 Å². The van der Waals surface area contributed by atoms with E-state index < -0.39 is 0 Å². The molecule has 3 rings (SSSR count). The lowest BCUT2D eigenvalue weighted by molar-refractivity contribution is 0.438. The fraction of sp³-hybridized carbons (Fsp3) is 0.514. The highest BCUT2D eigenvalue weighted by Crippen LogP contribution is 2.35. The number of benzene rings is 3. The minimum Gasteiger partial charge on any atom is -0.508 e. The first kappa shape index (κ1) is 35.1. The number of unbranched alkanes of at least 4 members (excludes halogenated alkanes) is 1. The number of phenols is 3. The minimum atomic E-state index is 0.0126. The first-order valence-corrected chi connectivity index (χ1v) is 14.6. The molecule has 0 fully saturated rings. The first-order chi connectivity index (χ1) is 18.2. The Hall–Kier alpha value is -2.94. The van der Waals surface area contributed by atoms with Crippen LogP contribution < -0.4 is 0 Å². The van der Waals surface area contributed by atoms with Crippen LogP contribution in [0.25, 0.3) is 0 Å². The fourth-order valence-corrected chi connectivity index (χ4v) is 4.56. The van der Waals surface area contributed by atoms with E-state index >= 15 is 0 Å². The van der Waals surface area contributed by atoms with Gasteiger partial charge >= 0.3 is 0 Å². The zero-order valence-electron chi connectivity index (χ0n) is 27.6. The second kappa shape index (κ2) is 14.1. The lowest BCUT2D eigenvalue weighted by Crippen LogP contribution is -2.12. The molecule has 3 nitrogen and oxygen atoms in total. The molecule has 0 saturated carbocycles. The Balaban J connectivity index is 0.000000305. The summed E-state index contributed by atoms with van der Waals surface area (Å²) in [4.78, 5) is 0. The van der Waals surface area contributed by atoms with E-state index in [4.69, 9.17) is 0 Å². The van der Waals surface area contributed by atoms with Crippen molar-refractivity contribution in [2.24, 2.45) is 0 Å². The van der Waals surface area contributed by atoms with Crippen molar-refractivity contribution < 1.29 is 15.3 Å². The molecule has 0 radical (unpaired) electrons. The van der Waals surface area contributed by atoms with Gasteiger partial charge < -0.3 is 15.3 Å². The topological polar surface area (TPSA) is 60.7 Å². The van der Waals surface area contributed by atoms with E-state index in [0.717, 1.165) is 46.2 Å². The van der Waals surface area contributed by atoms with Crippen LogP contribution in [0.2, 0.25) is 0 Å². The second-order valence-electron chi connectivity index (χ2n) is 14.2. The molecule has 0 amide bonds. The monoisotopic (exact) mass is 548 g/mol. The van der Waals surface area contributed by atoms with Crippen LogP contribution in [0.3, 0.4) is 0 Å². The number of rotatable bonds is 3. The Labute approximate surface area is 245 Å². The normalized spacial score (nSPS) is 11.7. The molecule has 0 aliphatic heterocycles. The minimum absolute atomic E-state index is 0.0126. The van der Waals surface area contributed by atoms with E-state index in [1.807, 2.05) is 38.1 Å². The number of hydrogen-bond donors (Lipinski definition) is 3. The first-order valence-electron chi connectivity index (χ1n) is 14.6. The molecule has 0 bridgehead atoms. The molecule has 0 aromatic heterocycles. The Morgan fingerprint density at radius 2 is 0.925 bits per heavy atom. The standard InChI is InChI=1S/C15H24O.2C11H16O/c1-6-7-8-12-11(2)9-10-13(14(12)16)15(3,4)5;2*1-8-5-6-9(10(12)7-8)11(2,3)4/h9-10,16H,6-8H2,1-5H3;2*5-7,12H,1-4H3. The van der Waals surface area contributed by atoms with E-state index in [-0.39, 0.29) is 16.2 Å². The Morgan fingerprint density at radius 1 is 0.550 bits per heavy atom. The quantitative estimate of drug-likeness (QED) is 0.305. The maximum absolute atomic E-state index is 10.3. The molecule has 3 heteroatoms. The predicted octanol–water partition coefficient (Wildman–Crippen LogP) is 10.3. The van der Waals surface area contributed by atoms with Gasteiger partial charge in [0.05, 0.1) is 0 Å². The molecule has 3 aromatic carbocycles. The zero-order valence-corrected chi connectivity index (χ0v) is 27.6. The van der Waals surface area contributed by atoms with Crippen molar-refractivity contribution in [1.82, 2.24) is 0 Å². The maximum atomic E-state index is 10.3. The number of hydrogen-bond acceptors (Lipinski definition) is 3. The molecule has 0 aliphatic carbocycles. The Bertz CT molecular complexity index is 1170. The average molecular weight is 549 g/mol. The van der Waals surface area contributed by atoms with Gasteiger partial charge in [-0.2, -0.15) is 0 Å². The van der Waals surface area contributed by atoms with Crippen LogP contribution in [-0.4, -0.2) is 15.3 Å². The van der Waals surface area contributed by atoms with E-state index in [1.165, 1.54) is 12.0 Å². The summed E-state index contributed by atoms with van der Waals surface area (Å²) in [6.45, 7) is 27.2. The molecule has 0 atom stereocenters. The van der Waals surface area contributed by atoms with Crippen molar-refractivity contribution in [1.29, 1.82) is 0 Å². The van der Waals surface area contributed by atoms with Gasteiger partial charge in [0, 0.05) is 0 Å². The number of aromatic hydroxyl groups is 3. The van der Waals surface area contributed by atoms with Crippen LogP contribution in [0.5, 0.6) is 17.2 Å². The molecule has 0 aliphatic rings. The van der Waals surface area contributed by atoms with Crippen molar-refractivity contribution in [2.75, 3.05) is 0 Å². The van der Waals surface area contributed by atoms with E-state index in [9.17, 15) is 15.3 Å². The summed E-state index contributed by atoms with van der Waals surface area (Å²) in [5.41, 5.74) is 7.67. The van der Waals surface area contributed by atoms with Crippen LogP contribution in [0.4, 0.5) is 0 Å². The Morgan fingerprint density at radius 3 is 1.25 bits per heavy atom. The highest BCUT2D eigenvalue weighted by molar-refractivity contribution is 5.48. The molecular weight excluding hydrogens is 492 g/mol. The lowest BCUT2D eigenvalue weighted by Gasteiger charge is -2.23. The summed E-state index contributed by atoms with van der Waals surface area (Å²) >= 11 is 0. The van der Waals surface area contributed by atoms with Gasteiger partial charge in [-0.25, -0.2) is 0 Å². The SMILES string of the molecule is CCCCc1c(C)ccc(C(C)(C)C)c1O.Cc1ccc(C(C)(C)C)c(O)c1.Cc1ccc(C(C)(C)C)c(O)c1. The summed E-state index contributed by atoms with van der Waals surface area (Å²) in [5, 5.41) is 29.6. The highest BCUT2D eigenvalue weighted by Gasteiger charge is 2.21. The Kier molecular flexibility index (Phi) is 12.4. The van der Waals surface area contributed by atoms with Crippen molar-refractivity contribution in [2.45, 2.75) is 126 Å². The van der Waals surface area contributed by atoms with Gasteiger partial charge in [0.2, 0.25) is 0 Å². The summed E-state index contributed by atoms with van der Waals surface area (Å²) in [6, 6.07) is 15.8. The van der Waals surface area contributed by atoms with Crippen LogP contribution >= 0.6 is 0 Å². The second-order valence-corrected chi connectivity index (χ2v) is 14.2. The van der Waals surface area contributed by atoms with Gasteiger partial charge in [-0.15, -0.1) is 0 Å². The van der Waals surface area contributed by atoms with Gasteiger partial charge in [0.1, 0.15) is 17.2 Å². The predicted molar refractivity (Wildman–Crippen MR) is 173 cm³/mol. The van der Waals surface area contributed by atoms with E-state index in [0.29, 0.717) is 17.2 Å². The summed E-state index contributed by atoms with van der Waals surface area (Å²) in [7, 11) is 0. The lowest BCUT2D eigenvalue weighted by atomic mass is 9.83. The third kappa shape index (κ3) is 10.6. The number of phenolic OH excluding ortho intramolecular Hbond substituents is 3. The smallest absolute Gasteiger partial charge is 0.122 e. The maximum Gasteiger partial charge on any atom is 0.122 e. The summed E-state index contributed by atoms with van der Waals surface area (Å²) in [5.74, 6) is 1.32. The molecule has 0 heterocycles. The third-order valence-electron chi connectivity index (χ3n) is 7.03. The van der Waals surface area contributed by atoms with Gasteiger partial charge in [0.15, 0.2) is 0 Å². The van der Waals surface area contributed by atoms with Gasteiger partial charge in [-0.05, 0) is 101 Å². The van der Waals surface area contributed by atoms with E-state index in [1.54, 1.807) is 12.1 Å². The molecule has 3 aromatic rings. The zero-order chi connectivity index (χ0) is 31.1. The summed E-state index contributed by atoms with van der Waals surface area (Å²) in [6.07, 6.45) is 3.29. The molecule has 0 saturated heterocycles. The molecule has 3 N–H and O–H groups in total. The van der Waals surface area contributed by atoms with Crippen molar-refractivity contribution in [3.8, 4) is 17.2 Å². The van der Waals surface area contributed by atoms with Crippen LogP contribution in [0, 0.1) is 20.8 Å². The highest BCUT2D eigenvalue weighted by atomic mass is 16.3. The van der Waals surface area contributed by atoms with Crippen molar-refractivity contribution >= 4 is 0 Å². The van der Waals surface area contributed by atoms with Gasteiger partial charge in [-0.1, -0.05) is 112 Å². The fourth-order valence-electron chi connectivity index (χ4n) is 4.56. The molecule has 0 unspecified atom stereocenters. The summed E-state index contributed by atoms with van der Waals surface area (Å²) < 4.78 is 0. The average Bonchev–Trinajstić information content (AvgIpc) is 2.77. The molecule has 40 heavy (non-hydrogen) atoms. The van der Waals surface area contributed by atoms with Gasteiger partial charge in [0.25, 0.3) is 0 Å². The van der Waals surface area contributed by atoms with Crippen LogP contribution in [0.1, 0.15) is 121 Å². The molecule has 222 valence electrons. The molecule has 0 spiro atoms. The van der Waals surface area contributed by atoms with Crippen LogP contribution in [-0.2, 0) is 22.7 Å². The van der Waals surface area contributed by atoms with Gasteiger partial charge in [-0.3, -0.25) is 0 Å². The molecular formula is C37H56O3. The van der Waals surface area contributed by atoms with E-state index in [2.05, 4.69) is 88.3 Å². The van der Waals surface area contributed by atoms with Crippen molar-refractivity contribution in [3.63, 3.8) is 0 Å². The number of aryl methyl sites for hydroxylation is 3. The largest absolute Gasteiger partial charge is 0.508 e. The third-order valence-corrected chi connectivity index (χ3v) is 7.03. The van der Waals surface area contributed by atoms with Crippen LogP contribution in [0.15, 0.2) is 48.5 Å².